The molecule has 130 valence electrons. The molecule has 3 aliphatic rings. The third-order valence-electron chi connectivity index (χ3n) is 5.77. The molecular weight excluding hydrogens is 320 g/mol. The van der Waals surface area contributed by atoms with Crippen LogP contribution in [0.25, 0.3) is 10.9 Å². The van der Waals surface area contributed by atoms with Gasteiger partial charge in [0.05, 0.1) is 30.8 Å². The summed E-state index contributed by atoms with van der Waals surface area (Å²) >= 11 is 0. The zero-order valence-electron chi connectivity index (χ0n) is 13.9. The van der Waals surface area contributed by atoms with E-state index in [2.05, 4.69) is 5.10 Å². The molecule has 3 saturated heterocycles. The van der Waals surface area contributed by atoms with E-state index in [1.807, 2.05) is 34.1 Å². The Labute approximate surface area is 145 Å². The largest absolute Gasteiger partial charge is 0.353 e. The van der Waals surface area contributed by atoms with Crippen LogP contribution >= 0.6 is 0 Å². The molecule has 5 rings (SSSR count). The van der Waals surface area contributed by atoms with Crippen molar-refractivity contribution in [3.8, 4) is 0 Å². The van der Waals surface area contributed by atoms with Gasteiger partial charge in [0, 0.05) is 24.9 Å². The lowest BCUT2D eigenvalue weighted by atomic mass is 10.0. The van der Waals surface area contributed by atoms with Crippen molar-refractivity contribution >= 4 is 22.7 Å². The molecule has 7 nitrogen and oxygen atoms in total. The van der Waals surface area contributed by atoms with Crippen LogP contribution in [0, 0.1) is 0 Å². The van der Waals surface area contributed by atoms with E-state index >= 15 is 0 Å². The molecule has 25 heavy (non-hydrogen) atoms. The number of amides is 2. The highest BCUT2D eigenvalue weighted by Gasteiger charge is 2.61. The molecule has 1 spiro atoms. The molecule has 3 fully saturated rings. The zero-order valence-corrected chi connectivity index (χ0v) is 13.9. The van der Waals surface area contributed by atoms with Gasteiger partial charge in [-0.2, -0.15) is 5.10 Å². The third-order valence-corrected chi connectivity index (χ3v) is 5.77. The van der Waals surface area contributed by atoms with E-state index in [9.17, 15) is 9.59 Å². The van der Waals surface area contributed by atoms with Crippen LogP contribution in [-0.2, 0) is 20.9 Å². The van der Waals surface area contributed by atoms with Crippen molar-refractivity contribution in [2.24, 2.45) is 0 Å². The second-order valence-electron chi connectivity index (χ2n) is 7.01. The Bertz CT molecular complexity index is 863. The highest BCUT2D eigenvalue weighted by molar-refractivity contribution is 5.85. The summed E-state index contributed by atoms with van der Waals surface area (Å²) in [7, 11) is 0. The Morgan fingerprint density at radius 2 is 2.20 bits per heavy atom. The zero-order chi connectivity index (χ0) is 17.0. The summed E-state index contributed by atoms with van der Waals surface area (Å²) in [5.74, 6) is 0.103. The van der Waals surface area contributed by atoms with E-state index in [-0.39, 0.29) is 24.4 Å². The number of para-hydroxylation sites is 1. The molecule has 1 aromatic carbocycles. The van der Waals surface area contributed by atoms with Gasteiger partial charge in [0.25, 0.3) is 0 Å². The Balaban J connectivity index is 1.41. The minimum atomic E-state index is -0.586. The lowest BCUT2D eigenvalue weighted by Gasteiger charge is -2.42. The summed E-state index contributed by atoms with van der Waals surface area (Å²) in [6, 6.07) is 7.68. The Morgan fingerprint density at radius 1 is 1.32 bits per heavy atom. The van der Waals surface area contributed by atoms with E-state index in [0.29, 0.717) is 26.0 Å². The average Bonchev–Trinajstić information content (AvgIpc) is 3.26. The van der Waals surface area contributed by atoms with E-state index in [0.717, 1.165) is 23.9 Å². The van der Waals surface area contributed by atoms with Gasteiger partial charge in [-0.25, -0.2) is 0 Å². The average molecular weight is 340 g/mol. The normalized spacial score (nSPS) is 28.5. The monoisotopic (exact) mass is 340 g/mol. The van der Waals surface area contributed by atoms with Gasteiger partial charge in [0.2, 0.25) is 11.8 Å². The number of nitrogens with zero attached hydrogens (tertiary/aromatic N) is 4. The number of hydrogen-bond acceptors (Lipinski definition) is 4. The Hall–Kier alpha value is -2.41. The van der Waals surface area contributed by atoms with Crippen molar-refractivity contribution in [3.05, 3.63) is 30.5 Å². The maximum absolute atomic E-state index is 13.0. The Morgan fingerprint density at radius 3 is 3.12 bits per heavy atom. The van der Waals surface area contributed by atoms with Crippen molar-refractivity contribution < 1.29 is 14.3 Å². The summed E-state index contributed by atoms with van der Waals surface area (Å²) in [4.78, 5) is 29.0. The quantitative estimate of drug-likeness (QED) is 0.817. The minimum absolute atomic E-state index is 0.000415. The first kappa shape index (κ1) is 14.9. The smallest absolute Gasteiger partial charge is 0.244 e. The summed E-state index contributed by atoms with van der Waals surface area (Å²) in [5.41, 5.74) is 0.361. The fraction of sp³-hybridized carbons (Fsp3) is 0.500. The molecule has 1 aromatic heterocycles. The minimum Gasteiger partial charge on any atom is -0.353 e. The predicted octanol–water partition coefficient (Wildman–Crippen LogP) is 0.986. The van der Waals surface area contributed by atoms with Crippen molar-refractivity contribution in [2.75, 3.05) is 19.7 Å². The van der Waals surface area contributed by atoms with Gasteiger partial charge >= 0.3 is 0 Å². The van der Waals surface area contributed by atoms with Gasteiger partial charge in [-0.1, -0.05) is 18.2 Å². The maximum atomic E-state index is 13.0. The number of fused-ring (bicyclic) bond motifs is 1. The van der Waals surface area contributed by atoms with Gasteiger partial charge in [0.15, 0.2) is 5.72 Å². The molecule has 2 amide bonds. The van der Waals surface area contributed by atoms with Crippen LogP contribution in [0.2, 0.25) is 0 Å². The number of ether oxygens (including phenoxy) is 1. The number of rotatable bonds is 2. The predicted molar refractivity (Wildman–Crippen MR) is 89.5 cm³/mol. The second-order valence-corrected chi connectivity index (χ2v) is 7.01. The molecule has 7 heteroatoms. The first-order chi connectivity index (χ1) is 12.2. The molecule has 0 radical (unpaired) electrons. The van der Waals surface area contributed by atoms with Crippen LogP contribution in [0.3, 0.4) is 0 Å². The molecule has 0 unspecified atom stereocenters. The lowest BCUT2D eigenvalue weighted by Crippen LogP contribution is -2.56. The van der Waals surface area contributed by atoms with E-state index in [1.165, 1.54) is 0 Å². The topological polar surface area (TPSA) is 67.7 Å². The number of carbonyl (C=O) groups excluding carboxylic acids is 2. The highest BCUT2D eigenvalue weighted by atomic mass is 16.5. The molecule has 0 bridgehead atoms. The molecule has 0 saturated carbocycles. The standard InChI is InChI=1S/C18H20N4O3/c23-16-10-15-18(21(16)7-3-9-25-18)6-8-20(15)17(24)12-22-14-5-2-1-4-13(14)11-19-22/h1-2,4-5,11,15H,3,6-10,12H2/t15-,18+/m1/s1. The summed E-state index contributed by atoms with van der Waals surface area (Å²) in [6.07, 6.45) is 3.72. The van der Waals surface area contributed by atoms with Crippen LogP contribution in [-0.4, -0.2) is 62.9 Å². The van der Waals surface area contributed by atoms with Crippen molar-refractivity contribution in [3.63, 3.8) is 0 Å². The summed E-state index contributed by atoms with van der Waals surface area (Å²) in [5, 5.41) is 5.37. The third kappa shape index (κ3) is 2.05. The Kier molecular flexibility index (Phi) is 3.15. The van der Waals surface area contributed by atoms with Crippen LogP contribution in [0.1, 0.15) is 19.3 Å². The fourth-order valence-electron chi connectivity index (χ4n) is 4.62. The molecule has 0 N–H and O–H groups in total. The van der Waals surface area contributed by atoms with Crippen LogP contribution in [0.15, 0.2) is 30.5 Å². The molecular formula is C18H20N4O3. The van der Waals surface area contributed by atoms with E-state index < -0.39 is 5.72 Å². The second kappa shape index (κ2) is 5.29. The van der Waals surface area contributed by atoms with Gasteiger partial charge in [-0.3, -0.25) is 14.3 Å². The number of likely N-dealkylation sites (tertiary alicyclic amines) is 1. The van der Waals surface area contributed by atoms with Crippen LogP contribution < -0.4 is 0 Å². The number of hydrogen-bond donors (Lipinski definition) is 0. The van der Waals surface area contributed by atoms with Crippen molar-refractivity contribution in [2.45, 2.75) is 37.6 Å². The first-order valence-corrected chi connectivity index (χ1v) is 8.83. The van der Waals surface area contributed by atoms with Gasteiger partial charge in [-0.15, -0.1) is 0 Å². The summed E-state index contributed by atoms with van der Waals surface area (Å²) in [6.45, 7) is 2.22. The van der Waals surface area contributed by atoms with Crippen molar-refractivity contribution in [1.29, 1.82) is 0 Å². The van der Waals surface area contributed by atoms with Crippen molar-refractivity contribution in [1.82, 2.24) is 19.6 Å². The molecule has 0 aliphatic carbocycles. The van der Waals surface area contributed by atoms with Gasteiger partial charge in [-0.05, 0) is 12.5 Å². The number of carbonyl (C=O) groups is 2. The van der Waals surface area contributed by atoms with Gasteiger partial charge < -0.3 is 14.5 Å². The first-order valence-electron chi connectivity index (χ1n) is 8.83. The van der Waals surface area contributed by atoms with Crippen LogP contribution in [0.5, 0.6) is 0 Å². The fourth-order valence-corrected chi connectivity index (χ4v) is 4.62. The maximum Gasteiger partial charge on any atom is 0.244 e. The molecule has 2 aromatic rings. The molecule has 3 aliphatic heterocycles. The highest BCUT2D eigenvalue weighted by Crippen LogP contribution is 2.44. The molecule has 2 atom stereocenters. The van der Waals surface area contributed by atoms with Gasteiger partial charge in [0.1, 0.15) is 6.54 Å². The summed E-state index contributed by atoms with van der Waals surface area (Å²) < 4.78 is 7.79. The van der Waals surface area contributed by atoms with Crippen LogP contribution in [0.4, 0.5) is 0 Å². The van der Waals surface area contributed by atoms with E-state index in [4.69, 9.17) is 4.74 Å². The number of benzene rings is 1. The number of aromatic nitrogens is 2. The molecule has 4 heterocycles. The van der Waals surface area contributed by atoms with E-state index in [1.54, 1.807) is 10.9 Å². The lowest BCUT2D eigenvalue weighted by molar-refractivity contribution is -0.181. The SMILES string of the molecule is O=C(Cn1ncc2ccccc21)N1CC[C@@]23OCCCN2C(=O)C[C@@H]13.